The van der Waals surface area contributed by atoms with Crippen molar-refractivity contribution in [2.45, 2.75) is 25.9 Å². The first-order valence-corrected chi connectivity index (χ1v) is 7.90. The van der Waals surface area contributed by atoms with Gasteiger partial charge in [0.1, 0.15) is 0 Å². The van der Waals surface area contributed by atoms with Crippen molar-refractivity contribution in [1.82, 2.24) is 15.1 Å². The fourth-order valence-electron chi connectivity index (χ4n) is 2.22. The summed E-state index contributed by atoms with van der Waals surface area (Å²) in [5, 5.41) is 8.17. The molecule has 1 amide bonds. The molecule has 1 aromatic carbocycles. The Labute approximate surface area is 131 Å². The van der Waals surface area contributed by atoms with Crippen LogP contribution in [0.3, 0.4) is 0 Å². The highest BCUT2D eigenvalue weighted by Crippen LogP contribution is 2.29. The molecule has 6 heteroatoms. The number of hydrogen-bond donors (Lipinski definition) is 1. The topological polar surface area (TPSA) is 56.2 Å². The van der Waals surface area contributed by atoms with E-state index in [2.05, 4.69) is 26.3 Å². The zero-order valence-corrected chi connectivity index (χ0v) is 13.7. The van der Waals surface area contributed by atoms with E-state index in [1.54, 1.807) is 11.6 Å². The highest BCUT2D eigenvalue weighted by Gasteiger charge is 2.24. The van der Waals surface area contributed by atoms with E-state index in [1.165, 1.54) is 12.8 Å². The Balaban J connectivity index is 1.74. The van der Waals surface area contributed by atoms with Crippen molar-refractivity contribution in [3.8, 4) is 5.88 Å². The first-order chi connectivity index (χ1) is 10.0. The van der Waals surface area contributed by atoms with Crippen LogP contribution >= 0.6 is 15.9 Å². The second-order valence-corrected chi connectivity index (χ2v) is 6.45. The molecule has 1 atom stereocenters. The Morgan fingerprint density at radius 3 is 3.05 bits per heavy atom. The summed E-state index contributed by atoms with van der Waals surface area (Å²) < 4.78 is 8.47. The van der Waals surface area contributed by atoms with Gasteiger partial charge in [0.05, 0.1) is 10.9 Å². The van der Waals surface area contributed by atoms with Crippen LogP contribution in [0.25, 0.3) is 10.9 Å². The van der Waals surface area contributed by atoms with Crippen LogP contribution in [-0.2, 0) is 11.8 Å². The number of ether oxygens (including phenoxy) is 1. The van der Waals surface area contributed by atoms with Gasteiger partial charge in [-0.15, -0.1) is 5.10 Å². The predicted octanol–water partition coefficient (Wildman–Crippen LogP) is 2.63. The molecule has 0 radical (unpaired) electrons. The molecule has 0 saturated heterocycles. The fraction of sp³-hybridized carbons (Fsp3) is 0.467. The molecule has 1 N–H and O–H groups in total. The largest absolute Gasteiger partial charge is 0.463 e. The van der Waals surface area contributed by atoms with Gasteiger partial charge in [-0.2, -0.15) is 0 Å². The average molecular weight is 352 g/mol. The summed E-state index contributed by atoms with van der Waals surface area (Å²) in [4.78, 5) is 12.0. The molecule has 1 aliphatic rings. The minimum atomic E-state index is -0.555. The van der Waals surface area contributed by atoms with E-state index in [-0.39, 0.29) is 5.91 Å². The summed E-state index contributed by atoms with van der Waals surface area (Å²) in [7, 11) is 1.86. The molecule has 0 spiro atoms. The van der Waals surface area contributed by atoms with Gasteiger partial charge in [0, 0.05) is 18.1 Å². The number of carbonyl (C=O) groups is 1. The number of aromatic nitrogens is 2. The molecule has 1 fully saturated rings. The van der Waals surface area contributed by atoms with Crippen molar-refractivity contribution in [3.05, 3.63) is 22.7 Å². The number of aryl methyl sites for hydroxylation is 1. The van der Waals surface area contributed by atoms with Crippen molar-refractivity contribution in [2.75, 3.05) is 6.54 Å². The summed E-state index contributed by atoms with van der Waals surface area (Å²) >= 11 is 3.45. The van der Waals surface area contributed by atoms with Crippen LogP contribution in [0.15, 0.2) is 22.7 Å². The fourth-order valence-corrected chi connectivity index (χ4v) is 2.59. The van der Waals surface area contributed by atoms with E-state index in [0.29, 0.717) is 11.8 Å². The first kappa shape index (κ1) is 14.4. The zero-order valence-electron chi connectivity index (χ0n) is 12.1. The molecule has 1 aliphatic carbocycles. The minimum Gasteiger partial charge on any atom is -0.463 e. The summed E-state index contributed by atoms with van der Waals surface area (Å²) in [6.45, 7) is 2.50. The maximum Gasteiger partial charge on any atom is 0.260 e. The third-order valence-corrected chi connectivity index (χ3v) is 4.19. The molecular formula is C15H18BrN3O2. The van der Waals surface area contributed by atoms with Gasteiger partial charge in [-0.25, -0.2) is 0 Å². The third-order valence-electron chi connectivity index (χ3n) is 3.70. The molecular weight excluding hydrogens is 334 g/mol. The molecule has 1 saturated carbocycles. The Morgan fingerprint density at radius 2 is 2.33 bits per heavy atom. The van der Waals surface area contributed by atoms with Gasteiger partial charge in [0.15, 0.2) is 6.10 Å². The van der Waals surface area contributed by atoms with Crippen LogP contribution in [0.2, 0.25) is 0 Å². The third kappa shape index (κ3) is 3.20. The summed E-state index contributed by atoms with van der Waals surface area (Å²) in [6, 6.07) is 5.88. The number of fused-ring (bicyclic) bond motifs is 1. The minimum absolute atomic E-state index is 0.0873. The van der Waals surface area contributed by atoms with Gasteiger partial charge in [-0.05, 0) is 43.9 Å². The normalized spacial score (nSPS) is 16.0. The van der Waals surface area contributed by atoms with E-state index in [4.69, 9.17) is 4.74 Å². The van der Waals surface area contributed by atoms with Crippen molar-refractivity contribution < 1.29 is 9.53 Å². The number of halogens is 1. The lowest BCUT2D eigenvalue weighted by Crippen LogP contribution is -2.37. The molecule has 2 aromatic rings. The Hall–Kier alpha value is -1.56. The highest BCUT2D eigenvalue weighted by molar-refractivity contribution is 9.10. The number of hydrogen-bond acceptors (Lipinski definition) is 3. The van der Waals surface area contributed by atoms with Gasteiger partial charge < -0.3 is 10.1 Å². The average Bonchev–Trinajstić information content (AvgIpc) is 3.23. The number of amides is 1. The standard InChI is InChI=1S/C15H18BrN3O2/c1-9(14(20)17-8-10-3-4-10)21-15-12-7-11(16)5-6-13(12)19(2)18-15/h5-7,9-10H,3-4,8H2,1-2H3,(H,17,20). The van der Waals surface area contributed by atoms with Gasteiger partial charge in [0.2, 0.25) is 5.88 Å². The van der Waals surface area contributed by atoms with Crippen LogP contribution in [0.1, 0.15) is 19.8 Å². The number of nitrogens with zero attached hydrogens (tertiary/aromatic N) is 2. The summed E-state index contributed by atoms with van der Waals surface area (Å²) in [6.07, 6.45) is 1.88. The van der Waals surface area contributed by atoms with Crippen LogP contribution in [-0.4, -0.2) is 28.3 Å². The van der Waals surface area contributed by atoms with Crippen LogP contribution in [0.4, 0.5) is 0 Å². The molecule has 1 aromatic heterocycles. The monoisotopic (exact) mass is 351 g/mol. The van der Waals surface area contributed by atoms with Crippen molar-refractivity contribution in [3.63, 3.8) is 0 Å². The lowest BCUT2D eigenvalue weighted by Gasteiger charge is -2.13. The van der Waals surface area contributed by atoms with Gasteiger partial charge in [0.25, 0.3) is 5.91 Å². The smallest absolute Gasteiger partial charge is 0.260 e. The van der Waals surface area contributed by atoms with E-state index in [1.807, 2.05) is 25.2 Å². The molecule has 0 aliphatic heterocycles. The van der Waals surface area contributed by atoms with E-state index in [9.17, 15) is 4.79 Å². The second-order valence-electron chi connectivity index (χ2n) is 5.54. The SMILES string of the molecule is CC(Oc1nn(C)c2ccc(Br)cc12)C(=O)NCC1CC1. The van der Waals surface area contributed by atoms with Crippen molar-refractivity contribution in [2.24, 2.45) is 13.0 Å². The Bertz CT molecular complexity index is 679. The number of rotatable bonds is 5. The predicted molar refractivity (Wildman–Crippen MR) is 84.2 cm³/mol. The van der Waals surface area contributed by atoms with Gasteiger partial charge in [-0.1, -0.05) is 15.9 Å². The van der Waals surface area contributed by atoms with E-state index >= 15 is 0 Å². The van der Waals surface area contributed by atoms with E-state index in [0.717, 1.165) is 21.9 Å². The molecule has 1 heterocycles. The number of nitrogens with one attached hydrogen (secondary N) is 1. The van der Waals surface area contributed by atoms with Crippen LogP contribution < -0.4 is 10.1 Å². The molecule has 21 heavy (non-hydrogen) atoms. The first-order valence-electron chi connectivity index (χ1n) is 7.11. The van der Waals surface area contributed by atoms with E-state index < -0.39 is 6.10 Å². The van der Waals surface area contributed by atoms with Crippen molar-refractivity contribution in [1.29, 1.82) is 0 Å². The maximum absolute atomic E-state index is 12.0. The molecule has 112 valence electrons. The van der Waals surface area contributed by atoms with Crippen LogP contribution in [0, 0.1) is 5.92 Å². The molecule has 3 rings (SSSR count). The number of carbonyl (C=O) groups excluding carboxylic acids is 1. The Morgan fingerprint density at radius 1 is 1.57 bits per heavy atom. The quantitative estimate of drug-likeness (QED) is 0.900. The molecule has 5 nitrogen and oxygen atoms in total. The van der Waals surface area contributed by atoms with Gasteiger partial charge in [-0.3, -0.25) is 9.48 Å². The lowest BCUT2D eigenvalue weighted by atomic mass is 10.2. The summed E-state index contributed by atoms with van der Waals surface area (Å²) in [5.41, 5.74) is 0.971. The van der Waals surface area contributed by atoms with Crippen LogP contribution in [0.5, 0.6) is 5.88 Å². The number of benzene rings is 1. The second kappa shape index (κ2) is 5.67. The lowest BCUT2D eigenvalue weighted by molar-refractivity contribution is -0.127. The molecule has 1 unspecified atom stereocenters. The van der Waals surface area contributed by atoms with Crippen molar-refractivity contribution >= 4 is 32.7 Å². The molecule has 0 bridgehead atoms. The zero-order chi connectivity index (χ0) is 15.0. The Kier molecular flexibility index (Phi) is 3.89. The maximum atomic E-state index is 12.0. The highest BCUT2D eigenvalue weighted by atomic mass is 79.9. The summed E-state index contributed by atoms with van der Waals surface area (Å²) in [5.74, 6) is 1.06. The van der Waals surface area contributed by atoms with Gasteiger partial charge >= 0.3 is 0 Å².